The van der Waals surface area contributed by atoms with E-state index < -0.39 is 0 Å². The SMILES string of the molecule is Cc1c(C)n(Cc2cccc(Cl)c2)c2c(N(C)Cc3ccc(F)cc3)nc(C#N)cc12. The van der Waals surface area contributed by atoms with Gasteiger partial charge in [-0.1, -0.05) is 35.9 Å². The van der Waals surface area contributed by atoms with E-state index in [4.69, 9.17) is 11.6 Å². The van der Waals surface area contributed by atoms with Crippen molar-refractivity contribution in [1.29, 1.82) is 5.26 Å². The fourth-order valence-electron chi connectivity index (χ4n) is 3.92. The molecule has 0 bridgehead atoms. The highest BCUT2D eigenvalue weighted by molar-refractivity contribution is 6.30. The number of hydrogen-bond acceptors (Lipinski definition) is 3. The van der Waals surface area contributed by atoms with Crippen molar-refractivity contribution in [2.75, 3.05) is 11.9 Å². The maximum Gasteiger partial charge on any atom is 0.154 e. The lowest BCUT2D eigenvalue weighted by atomic mass is 10.1. The monoisotopic (exact) mass is 432 g/mol. The molecular formula is C25H22ClFN4. The molecule has 0 radical (unpaired) electrons. The lowest BCUT2D eigenvalue weighted by Crippen LogP contribution is -2.19. The average molecular weight is 433 g/mol. The molecule has 0 unspecified atom stereocenters. The first-order valence-corrected chi connectivity index (χ1v) is 10.4. The van der Waals surface area contributed by atoms with Crippen molar-refractivity contribution in [3.05, 3.63) is 93.5 Å². The standard InChI is InChI=1S/C25H22ClFN4/c1-16-17(2)31(15-19-5-4-6-20(26)11-19)24-23(16)12-22(13-28)29-25(24)30(3)14-18-7-9-21(27)10-8-18/h4-12H,14-15H2,1-3H3. The second kappa shape index (κ2) is 8.41. The number of hydrogen-bond donors (Lipinski definition) is 0. The maximum absolute atomic E-state index is 13.3. The third kappa shape index (κ3) is 4.12. The van der Waals surface area contributed by atoms with Crippen molar-refractivity contribution >= 4 is 28.3 Å². The van der Waals surface area contributed by atoms with E-state index in [1.54, 1.807) is 12.1 Å². The van der Waals surface area contributed by atoms with Crippen molar-refractivity contribution in [2.24, 2.45) is 0 Å². The molecule has 0 aliphatic carbocycles. The number of rotatable bonds is 5. The summed E-state index contributed by atoms with van der Waals surface area (Å²) in [5, 5.41) is 11.3. The topological polar surface area (TPSA) is 44.9 Å². The molecule has 0 spiro atoms. The van der Waals surface area contributed by atoms with Gasteiger partial charge in [-0.15, -0.1) is 0 Å². The zero-order valence-electron chi connectivity index (χ0n) is 17.7. The van der Waals surface area contributed by atoms with E-state index in [9.17, 15) is 9.65 Å². The average Bonchev–Trinajstić information content (AvgIpc) is 2.99. The van der Waals surface area contributed by atoms with Crippen molar-refractivity contribution in [2.45, 2.75) is 26.9 Å². The number of nitrogens with zero attached hydrogens (tertiary/aromatic N) is 4. The Hall–Kier alpha value is -3.36. The van der Waals surface area contributed by atoms with E-state index in [0.29, 0.717) is 23.8 Å². The van der Waals surface area contributed by atoms with Gasteiger partial charge in [0.15, 0.2) is 5.82 Å². The lowest BCUT2D eigenvalue weighted by Gasteiger charge is -2.21. The summed E-state index contributed by atoms with van der Waals surface area (Å²) in [6, 6.07) is 18.3. The highest BCUT2D eigenvalue weighted by Gasteiger charge is 2.20. The summed E-state index contributed by atoms with van der Waals surface area (Å²) in [4.78, 5) is 6.65. The summed E-state index contributed by atoms with van der Waals surface area (Å²) in [7, 11) is 1.94. The van der Waals surface area contributed by atoms with Crippen molar-refractivity contribution in [1.82, 2.24) is 9.55 Å². The number of pyridine rings is 1. The predicted molar refractivity (Wildman–Crippen MR) is 123 cm³/mol. The summed E-state index contributed by atoms with van der Waals surface area (Å²) in [5.74, 6) is 0.455. The van der Waals surface area contributed by atoms with Crippen LogP contribution in [0.5, 0.6) is 0 Å². The predicted octanol–water partition coefficient (Wildman–Crippen LogP) is 6.00. The van der Waals surface area contributed by atoms with Gasteiger partial charge in [0.05, 0.1) is 5.52 Å². The molecule has 0 atom stereocenters. The van der Waals surface area contributed by atoms with Gasteiger partial charge < -0.3 is 9.47 Å². The number of fused-ring (bicyclic) bond motifs is 1. The zero-order chi connectivity index (χ0) is 22.1. The second-order valence-corrected chi connectivity index (χ2v) is 8.18. The van der Waals surface area contributed by atoms with E-state index in [2.05, 4.69) is 29.5 Å². The van der Waals surface area contributed by atoms with Gasteiger partial charge in [0.25, 0.3) is 0 Å². The van der Waals surface area contributed by atoms with Crippen LogP contribution in [0.1, 0.15) is 28.1 Å². The minimum atomic E-state index is -0.264. The van der Waals surface area contributed by atoms with Crippen LogP contribution in [0, 0.1) is 31.0 Å². The molecule has 4 nitrogen and oxygen atoms in total. The van der Waals surface area contributed by atoms with Gasteiger partial charge in [0.2, 0.25) is 0 Å². The van der Waals surface area contributed by atoms with Gasteiger partial charge in [-0.05, 0) is 60.9 Å². The highest BCUT2D eigenvalue weighted by atomic mass is 35.5. The number of aryl methyl sites for hydroxylation is 1. The van der Waals surface area contributed by atoms with Gasteiger partial charge in [0, 0.05) is 36.2 Å². The number of benzene rings is 2. The Balaban J connectivity index is 1.85. The molecule has 31 heavy (non-hydrogen) atoms. The smallest absolute Gasteiger partial charge is 0.154 e. The Morgan fingerprint density at radius 3 is 2.52 bits per heavy atom. The van der Waals surface area contributed by atoms with Crippen molar-refractivity contribution in [3.63, 3.8) is 0 Å². The van der Waals surface area contributed by atoms with Gasteiger partial charge in [-0.25, -0.2) is 9.37 Å². The summed E-state index contributed by atoms with van der Waals surface area (Å²) in [6.07, 6.45) is 0. The van der Waals surface area contributed by atoms with Crippen molar-refractivity contribution in [3.8, 4) is 6.07 Å². The quantitative estimate of drug-likeness (QED) is 0.388. The molecule has 0 fully saturated rings. The second-order valence-electron chi connectivity index (χ2n) is 7.75. The van der Waals surface area contributed by atoms with Crippen molar-refractivity contribution < 1.29 is 4.39 Å². The minimum Gasteiger partial charge on any atom is -0.354 e. The summed E-state index contributed by atoms with van der Waals surface area (Å²) in [5.41, 5.74) is 5.62. The molecule has 2 heterocycles. The van der Waals surface area contributed by atoms with Crippen LogP contribution >= 0.6 is 11.6 Å². The molecular weight excluding hydrogens is 411 g/mol. The molecule has 2 aromatic carbocycles. The number of anilines is 1. The highest BCUT2D eigenvalue weighted by Crippen LogP contribution is 2.33. The van der Waals surface area contributed by atoms with Gasteiger partial charge in [-0.2, -0.15) is 5.26 Å². The molecule has 2 aromatic heterocycles. The third-order valence-corrected chi connectivity index (χ3v) is 5.87. The Morgan fingerprint density at radius 2 is 1.84 bits per heavy atom. The van der Waals surface area contributed by atoms with E-state index in [-0.39, 0.29) is 5.82 Å². The van der Waals surface area contributed by atoms with Crippen LogP contribution in [0.4, 0.5) is 10.2 Å². The van der Waals surface area contributed by atoms with E-state index >= 15 is 0 Å². The lowest BCUT2D eigenvalue weighted by molar-refractivity contribution is 0.627. The van der Waals surface area contributed by atoms with Crippen LogP contribution in [0.25, 0.3) is 10.9 Å². The van der Waals surface area contributed by atoms with Crippen LogP contribution in [0.2, 0.25) is 5.02 Å². The van der Waals surface area contributed by atoms with Crippen LogP contribution in [-0.2, 0) is 13.1 Å². The van der Waals surface area contributed by atoms with Crippen LogP contribution in [0.15, 0.2) is 54.6 Å². The van der Waals surface area contributed by atoms with E-state index in [0.717, 1.165) is 39.1 Å². The number of nitriles is 1. The summed E-state index contributed by atoms with van der Waals surface area (Å²) < 4.78 is 15.5. The molecule has 4 rings (SSSR count). The number of halogens is 2. The van der Waals surface area contributed by atoms with Crippen LogP contribution < -0.4 is 4.90 Å². The minimum absolute atomic E-state index is 0.264. The van der Waals surface area contributed by atoms with Crippen LogP contribution in [-0.4, -0.2) is 16.6 Å². The molecule has 156 valence electrons. The fraction of sp³-hybridized carbons (Fsp3) is 0.200. The van der Waals surface area contributed by atoms with Gasteiger partial charge >= 0.3 is 0 Å². The van der Waals surface area contributed by atoms with E-state index in [1.807, 2.05) is 42.3 Å². The molecule has 4 aromatic rings. The molecule has 0 aliphatic rings. The molecule has 0 saturated carbocycles. The Morgan fingerprint density at radius 1 is 1.10 bits per heavy atom. The Bertz CT molecular complexity index is 1300. The normalized spacial score (nSPS) is 11.0. The number of aromatic nitrogens is 2. The Labute approximate surface area is 186 Å². The first kappa shape index (κ1) is 20.9. The van der Waals surface area contributed by atoms with E-state index in [1.165, 1.54) is 12.1 Å². The summed E-state index contributed by atoms with van der Waals surface area (Å²) >= 11 is 6.20. The first-order chi connectivity index (χ1) is 14.9. The van der Waals surface area contributed by atoms with Gasteiger partial charge in [0.1, 0.15) is 17.6 Å². The zero-order valence-corrected chi connectivity index (χ0v) is 18.4. The fourth-order valence-corrected chi connectivity index (χ4v) is 4.13. The molecule has 0 amide bonds. The molecule has 0 aliphatic heterocycles. The maximum atomic E-state index is 13.3. The third-order valence-electron chi connectivity index (χ3n) is 5.63. The Kier molecular flexibility index (Phi) is 5.67. The van der Waals surface area contributed by atoms with Gasteiger partial charge in [-0.3, -0.25) is 0 Å². The summed E-state index contributed by atoms with van der Waals surface area (Å²) in [6.45, 7) is 5.33. The largest absolute Gasteiger partial charge is 0.354 e. The molecule has 6 heteroatoms. The molecule has 0 N–H and O–H groups in total. The molecule has 0 saturated heterocycles. The van der Waals surface area contributed by atoms with Crippen LogP contribution in [0.3, 0.4) is 0 Å². The first-order valence-electron chi connectivity index (χ1n) is 9.98.